The van der Waals surface area contributed by atoms with Gasteiger partial charge in [0.15, 0.2) is 0 Å². The van der Waals surface area contributed by atoms with Gasteiger partial charge in [0.25, 0.3) is 5.91 Å². The molecular weight excluding hydrogens is 278 g/mol. The average Bonchev–Trinajstić information content (AvgIpc) is 2.92. The summed E-state index contributed by atoms with van der Waals surface area (Å²) >= 11 is 5.96. The molecule has 20 heavy (non-hydrogen) atoms. The second-order valence-electron chi connectivity index (χ2n) is 5.23. The van der Waals surface area contributed by atoms with Crippen molar-refractivity contribution < 1.29 is 14.7 Å². The lowest BCUT2D eigenvalue weighted by Gasteiger charge is -2.27. The summed E-state index contributed by atoms with van der Waals surface area (Å²) in [5.74, 6) is -1.20. The highest BCUT2D eigenvalue weighted by Crippen LogP contribution is 2.25. The van der Waals surface area contributed by atoms with Crippen molar-refractivity contribution >= 4 is 23.5 Å². The molecule has 2 rings (SSSR count). The Morgan fingerprint density at radius 1 is 1.35 bits per heavy atom. The van der Waals surface area contributed by atoms with Crippen molar-refractivity contribution in [3.8, 4) is 0 Å². The van der Waals surface area contributed by atoms with Crippen molar-refractivity contribution in [3.05, 3.63) is 34.3 Å². The molecule has 0 spiro atoms. The van der Waals surface area contributed by atoms with E-state index in [4.69, 9.17) is 16.7 Å². The Kier molecular flexibility index (Phi) is 4.65. The minimum Gasteiger partial charge on any atom is -0.480 e. The van der Waals surface area contributed by atoms with Crippen LogP contribution in [-0.2, 0) is 4.79 Å². The lowest BCUT2D eigenvalue weighted by Crippen LogP contribution is -2.42. The molecule has 1 amide bonds. The van der Waals surface area contributed by atoms with E-state index in [0.29, 0.717) is 10.6 Å². The number of carboxylic acid groups (broad SMARTS) is 1. The van der Waals surface area contributed by atoms with Gasteiger partial charge in [-0.25, -0.2) is 0 Å². The molecule has 1 fully saturated rings. The fraction of sp³-hybridized carbons (Fsp3) is 0.467. The zero-order chi connectivity index (χ0) is 14.7. The summed E-state index contributed by atoms with van der Waals surface area (Å²) in [4.78, 5) is 25.0. The van der Waals surface area contributed by atoms with E-state index in [1.807, 2.05) is 6.92 Å². The van der Waals surface area contributed by atoms with Crippen molar-refractivity contribution in [1.82, 2.24) is 4.90 Å². The van der Waals surface area contributed by atoms with E-state index in [1.165, 1.54) is 4.90 Å². The topological polar surface area (TPSA) is 57.6 Å². The third kappa shape index (κ3) is 3.31. The van der Waals surface area contributed by atoms with E-state index in [0.717, 1.165) is 31.2 Å². The van der Waals surface area contributed by atoms with Crippen LogP contribution in [0.1, 0.15) is 41.6 Å². The third-order valence-corrected chi connectivity index (χ3v) is 4.16. The summed E-state index contributed by atoms with van der Waals surface area (Å²) in [6.45, 7) is 1.58. The first-order chi connectivity index (χ1) is 9.49. The molecule has 0 saturated heterocycles. The lowest BCUT2D eigenvalue weighted by atomic mass is 10.1. The maximum atomic E-state index is 12.6. The predicted molar refractivity (Wildman–Crippen MR) is 77.1 cm³/mol. The standard InChI is InChI=1S/C15H18ClNO3/c1-10-8-11(6-7-13(10)16)15(20)17(9-14(18)19)12-4-2-3-5-12/h6-8,12H,2-5,9H2,1H3,(H,18,19). The molecule has 1 N–H and O–H groups in total. The molecule has 1 aliphatic rings. The summed E-state index contributed by atoms with van der Waals surface area (Å²) in [5, 5.41) is 9.63. The Balaban J connectivity index is 2.24. The van der Waals surface area contributed by atoms with E-state index < -0.39 is 5.97 Å². The maximum Gasteiger partial charge on any atom is 0.323 e. The van der Waals surface area contributed by atoms with Crippen LogP contribution in [-0.4, -0.2) is 34.5 Å². The molecule has 0 unspecified atom stereocenters. The van der Waals surface area contributed by atoms with E-state index in [-0.39, 0.29) is 18.5 Å². The quantitative estimate of drug-likeness (QED) is 0.928. The van der Waals surface area contributed by atoms with Crippen LogP contribution in [0.5, 0.6) is 0 Å². The molecule has 0 aliphatic heterocycles. The largest absolute Gasteiger partial charge is 0.480 e. The van der Waals surface area contributed by atoms with Crippen molar-refractivity contribution in [3.63, 3.8) is 0 Å². The van der Waals surface area contributed by atoms with E-state index >= 15 is 0 Å². The van der Waals surface area contributed by atoms with Crippen LogP contribution in [0.25, 0.3) is 0 Å². The number of hydrogen-bond acceptors (Lipinski definition) is 2. The Hall–Kier alpha value is -1.55. The number of aliphatic carboxylic acids is 1. The van der Waals surface area contributed by atoms with E-state index in [9.17, 15) is 9.59 Å². The van der Waals surface area contributed by atoms with Crippen LogP contribution in [0.2, 0.25) is 5.02 Å². The fourth-order valence-corrected chi connectivity index (χ4v) is 2.79. The summed E-state index contributed by atoms with van der Waals surface area (Å²) < 4.78 is 0. The van der Waals surface area contributed by atoms with Gasteiger partial charge in [-0.05, 0) is 43.5 Å². The molecule has 0 atom stereocenters. The second-order valence-corrected chi connectivity index (χ2v) is 5.64. The number of carbonyl (C=O) groups excluding carboxylic acids is 1. The van der Waals surface area contributed by atoms with Crippen molar-refractivity contribution in [2.45, 2.75) is 38.6 Å². The molecule has 0 bridgehead atoms. The Morgan fingerprint density at radius 3 is 2.55 bits per heavy atom. The summed E-state index contributed by atoms with van der Waals surface area (Å²) in [6, 6.07) is 5.09. The fourth-order valence-electron chi connectivity index (χ4n) is 2.67. The zero-order valence-corrected chi connectivity index (χ0v) is 12.2. The minimum atomic E-state index is -0.976. The molecule has 4 nitrogen and oxygen atoms in total. The van der Waals surface area contributed by atoms with Crippen molar-refractivity contribution in [2.75, 3.05) is 6.54 Å². The molecular formula is C15H18ClNO3. The van der Waals surface area contributed by atoms with E-state index in [1.54, 1.807) is 18.2 Å². The van der Waals surface area contributed by atoms with Gasteiger partial charge in [0.1, 0.15) is 6.54 Å². The van der Waals surface area contributed by atoms with Gasteiger partial charge in [-0.15, -0.1) is 0 Å². The van der Waals surface area contributed by atoms with Gasteiger partial charge in [-0.1, -0.05) is 24.4 Å². The predicted octanol–water partition coefficient (Wildman–Crippen LogP) is 3.12. The number of halogens is 1. The number of aryl methyl sites for hydroxylation is 1. The van der Waals surface area contributed by atoms with Gasteiger partial charge in [0, 0.05) is 16.6 Å². The maximum absolute atomic E-state index is 12.6. The van der Waals surface area contributed by atoms with Crippen LogP contribution in [0.3, 0.4) is 0 Å². The molecule has 0 heterocycles. The molecule has 5 heteroatoms. The normalized spacial score (nSPS) is 15.3. The number of carbonyl (C=O) groups is 2. The second kappa shape index (κ2) is 6.27. The summed E-state index contributed by atoms with van der Waals surface area (Å²) in [6.07, 6.45) is 3.86. The first kappa shape index (κ1) is 14.9. The number of amides is 1. The van der Waals surface area contributed by atoms with Gasteiger partial charge >= 0.3 is 5.97 Å². The first-order valence-electron chi connectivity index (χ1n) is 6.78. The summed E-state index contributed by atoms with van der Waals surface area (Å²) in [7, 11) is 0. The smallest absolute Gasteiger partial charge is 0.323 e. The monoisotopic (exact) mass is 295 g/mol. The lowest BCUT2D eigenvalue weighted by molar-refractivity contribution is -0.138. The van der Waals surface area contributed by atoms with Gasteiger partial charge < -0.3 is 10.0 Å². The van der Waals surface area contributed by atoms with Crippen LogP contribution in [0, 0.1) is 6.92 Å². The highest BCUT2D eigenvalue weighted by atomic mass is 35.5. The van der Waals surface area contributed by atoms with Crippen molar-refractivity contribution in [1.29, 1.82) is 0 Å². The number of nitrogens with zero attached hydrogens (tertiary/aromatic N) is 1. The highest BCUT2D eigenvalue weighted by Gasteiger charge is 2.29. The van der Waals surface area contributed by atoms with Gasteiger partial charge in [-0.2, -0.15) is 0 Å². The van der Waals surface area contributed by atoms with Crippen LogP contribution in [0.4, 0.5) is 0 Å². The SMILES string of the molecule is Cc1cc(C(=O)N(CC(=O)O)C2CCCC2)ccc1Cl. The molecule has 108 valence electrons. The minimum absolute atomic E-state index is 0.0367. The van der Waals surface area contributed by atoms with Crippen LogP contribution in [0.15, 0.2) is 18.2 Å². The molecule has 0 radical (unpaired) electrons. The number of rotatable bonds is 4. The van der Waals surface area contributed by atoms with Gasteiger partial charge in [-0.3, -0.25) is 9.59 Å². The summed E-state index contributed by atoms with van der Waals surface area (Å²) in [5.41, 5.74) is 1.32. The third-order valence-electron chi connectivity index (χ3n) is 3.74. The molecule has 1 aromatic rings. The molecule has 1 aromatic carbocycles. The van der Waals surface area contributed by atoms with Crippen LogP contribution < -0.4 is 0 Å². The Bertz CT molecular complexity index is 524. The number of benzene rings is 1. The van der Waals surface area contributed by atoms with Crippen molar-refractivity contribution in [2.24, 2.45) is 0 Å². The zero-order valence-electron chi connectivity index (χ0n) is 11.4. The Morgan fingerprint density at radius 2 is 2.00 bits per heavy atom. The Labute approximate surface area is 123 Å². The molecule has 1 saturated carbocycles. The highest BCUT2D eigenvalue weighted by molar-refractivity contribution is 6.31. The molecule has 1 aliphatic carbocycles. The van der Waals surface area contributed by atoms with Crippen LogP contribution >= 0.6 is 11.6 Å². The molecule has 0 aromatic heterocycles. The number of carboxylic acids is 1. The van der Waals surface area contributed by atoms with E-state index in [2.05, 4.69) is 0 Å². The van der Waals surface area contributed by atoms with Gasteiger partial charge in [0.2, 0.25) is 0 Å². The first-order valence-corrected chi connectivity index (χ1v) is 7.15. The average molecular weight is 296 g/mol. The van der Waals surface area contributed by atoms with Gasteiger partial charge in [0.05, 0.1) is 0 Å². The number of hydrogen-bond donors (Lipinski definition) is 1.